The van der Waals surface area contributed by atoms with Gasteiger partial charge in [0.05, 0.1) is 18.7 Å². The van der Waals surface area contributed by atoms with Crippen LogP contribution in [0.2, 0.25) is 0 Å². The highest BCUT2D eigenvalue weighted by Crippen LogP contribution is 2.29. The number of ether oxygens (including phenoxy) is 1. The lowest BCUT2D eigenvalue weighted by atomic mass is 10.1. The molecule has 0 aliphatic carbocycles. The molecule has 14 heteroatoms. The third-order valence-corrected chi connectivity index (χ3v) is 6.50. The van der Waals surface area contributed by atoms with E-state index in [-0.39, 0.29) is 36.5 Å². The predicted octanol–water partition coefficient (Wildman–Crippen LogP) is -1.81. The number of nitrogens with two attached hydrogens (primary N) is 1. The predicted molar refractivity (Wildman–Crippen MR) is 111 cm³/mol. The summed E-state index contributed by atoms with van der Waals surface area (Å²) in [5, 5.41) is 13.3. The molecule has 0 unspecified atom stereocenters. The molecule has 4 amide bonds. The van der Waals surface area contributed by atoms with Crippen LogP contribution in [0.5, 0.6) is 0 Å². The number of primary amides is 1. The molecular formula is C19H24N4O9S. The van der Waals surface area contributed by atoms with Crippen molar-refractivity contribution in [2.24, 2.45) is 5.73 Å². The molecule has 0 saturated carbocycles. The Kier molecular flexibility index (Phi) is 8.48. The molecule has 0 fully saturated rings. The summed E-state index contributed by atoms with van der Waals surface area (Å²) in [4.78, 5) is 58.3. The van der Waals surface area contributed by atoms with E-state index in [4.69, 9.17) is 15.6 Å². The molecule has 2 rings (SSSR count). The Balaban J connectivity index is 1.78. The second-order valence-electron chi connectivity index (χ2n) is 7.12. The van der Waals surface area contributed by atoms with Crippen LogP contribution in [0.15, 0.2) is 29.2 Å². The Bertz CT molecular complexity index is 1060. The second kappa shape index (κ2) is 10.9. The van der Waals surface area contributed by atoms with Crippen molar-refractivity contribution in [3.63, 3.8) is 0 Å². The zero-order valence-electron chi connectivity index (χ0n) is 17.6. The minimum absolute atomic E-state index is 0.0627. The van der Waals surface area contributed by atoms with E-state index >= 15 is 0 Å². The zero-order chi connectivity index (χ0) is 24.8. The molecule has 2 atom stereocenters. The summed E-state index contributed by atoms with van der Waals surface area (Å²) in [6.45, 7) is 0.245. The number of nitrogens with one attached hydrogen (secondary N) is 2. The molecule has 1 aliphatic heterocycles. The molecule has 180 valence electrons. The summed E-state index contributed by atoms with van der Waals surface area (Å²) in [6.07, 6.45) is -0.592. The highest BCUT2D eigenvalue weighted by molar-refractivity contribution is 7.90. The number of carbonyl (C=O) groups is 5. The summed E-state index contributed by atoms with van der Waals surface area (Å²) in [5.74, 6) is -4.24. The van der Waals surface area contributed by atoms with E-state index in [2.05, 4.69) is 10.6 Å². The number of carboxylic acids is 1. The molecule has 5 N–H and O–H groups in total. The van der Waals surface area contributed by atoms with Gasteiger partial charge in [-0.2, -0.15) is 0 Å². The van der Waals surface area contributed by atoms with Gasteiger partial charge in [-0.1, -0.05) is 12.1 Å². The van der Waals surface area contributed by atoms with Gasteiger partial charge in [0.15, 0.2) is 0 Å². The monoisotopic (exact) mass is 484 g/mol. The first-order valence-electron chi connectivity index (χ1n) is 9.79. The molecule has 0 aromatic heterocycles. The molecule has 0 spiro atoms. The molecule has 1 aromatic rings. The molecule has 0 bridgehead atoms. The molecular weight excluding hydrogens is 460 g/mol. The van der Waals surface area contributed by atoms with Gasteiger partial charge in [0.25, 0.3) is 15.9 Å². The smallest absolute Gasteiger partial charge is 0.303 e. The number of sulfonamides is 1. The van der Waals surface area contributed by atoms with Crippen molar-refractivity contribution in [3.05, 3.63) is 29.8 Å². The Morgan fingerprint density at radius 3 is 2.45 bits per heavy atom. The third kappa shape index (κ3) is 6.49. The van der Waals surface area contributed by atoms with E-state index in [1.54, 1.807) is 6.07 Å². The van der Waals surface area contributed by atoms with E-state index in [1.807, 2.05) is 0 Å². The van der Waals surface area contributed by atoms with Gasteiger partial charge >= 0.3 is 5.97 Å². The fourth-order valence-electron chi connectivity index (χ4n) is 2.96. The molecule has 13 nitrogen and oxygen atoms in total. The molecule has 1 aliphatic rings. The van der Waals surface area contributed by atoms with Gasteiger partial charge < -0.3 is 26.2 Å². The van der Waals surface area contributed by atoms with Gasteiger partial charge in [-0.25, -0.2) is 12.7 Å². The standard InChI is InChI=1S/C19H24N4O9S/c1-11(18(28)22-13(17(20)27)6-7-16(25)26)21-15(24)10-32-9-8-23-19(29)12-4-2-3-5-14(12)33(23,30)31/h2-5,11,13H,6-10H2,1H3,(H2,20,27)(H,21,24)(H,22,28)(H,25,26)/t11-,13+/m0/s1. The summed E-state index contributed by atoms with van der Waals surface area (Å²) in [5.41, 5.74) is 5.20. The molecule has 33 heavy (non-hydrogen) atoms. The average molecular weight is 484 g/mol. The molecule has 1 heterocycles. The average Bonchev–Trinajstić information content (AvgIpc) is 2.93. The van der Waals surface area contributed by atoms with Crippen LogP contribution >= 0.6 is 0 Å². The molecule has 1 aromatic carbocycles. The van der Waals surface area contributed by atoms with Crippen molar-refractivity contribution in [2.45, 2.75) is 36.7 Å². The quantitative estimate of drug-likeness (QED) is 0.246. The Morgan fingerprint density at radius 2 is 1.85 bits per heavy atom. The SMILES string of the molecule is C[C@H](NC(=O)COCCN1C(=O)c2ccccc2S1(=O)=O)C(=O)N[C@H](CCC(=O)O)C(N)=O. The fourth-order valence-corrected chi connectivity index (χ4v) is 4.52. The van der Waals surface area contributed by atoms with Gasteiger partial charge in [0, 0.05) is 6.42 Å². The number of amides is 4. The number of fused-ring (bicyclic) bond motifs is 1. The van der Waals surface area contributed by atoms with Crippen molar-refractivity contribution in [2.75, 3.05) is 19.8 Å². The van der Waals surface area contributed by atoms with E-state index in [9.17, 15) is 32.4 Å². The van der Waals surface area contributed by atoms with Crippen LogP contribution in [-0.2, 0) is 33.9 Å². The lowest BCUT2D eigenvalue weighted by Crippen LogP contribution is -2.52. The van der Waals surface area contributed by atoms with E-state index in [0.29, 0.717) is 4.31 Å². The Morgan fingerprint density at radius 1 is 1.18 bits per heavy atom. The number of nitrogens with zero attached hydrogens (tertiary/aromatic N) is 1. The maximum absolute atomic E-state index is 12.4. The maximum Gasteiger partial charge on any atom is 0.303 e. The van der Waals surface area contributed by atoms with Crippen LogP contribution in [0.4, 0.5) is 0 Å². The largest absolute Gasteiger partial charge is 0.481 e. The Hall–Kier alpha value is -3.52. The third-order valence-electron chi connectivity index (χ3n) is 4.66. The zero-order valence-corrected chi connectivity index (χ0v) is 18.5. The maximum atomic E-state index is 12.4. The summed E-state index contributed by atoms with van der Waals surface area (Å²) >= 11 is 0. The number of hydrogen-bond acceptors (Lipinski definition) is 8. The van der Waals surface area contributed by atoms with E-state index < -0.39 is 58.3 Å². The van der Waals surface area contributed by atoms with Crippen molar-refractivity contribution in [1.82, 2.24) is 14.9 Å². The number of aliphatic carboxylic acids is 1. The van der Waals surface area contributed by atoms with Crippen LogP contribution in [0.3, 0.4) is 0 Å². The van der Waals surface area contributed by atoms with E-state index in [1.165, 1.54) is 25.1 Å². The summed E-state index contributed by atoms with van der Waals surface area (Å²) in [6, 6.07) is 3.47. The first kappa shape index (κ1) is 25.7. The minimum Gasteiger partial charge on any atom is -0.481 e. The van der Waals surface area contributed by atoms with Crippen LogP contribution in [0.1, 0.15) is 30.1 Å². The highest BCUT2D eigenvalue weighted by Gasteiger charge is 2.40. The lowest BCUT2D eigenvalue weighted by Gasteiger charge is -2.19. The number of rotatable bonds is 12. The van der Waals surface area contributed by atoms with Gasteiger partial charge in [-0.05, 0) is 25.5 Å². The van der Waals surface area contributed by atoms with Gasteiger partial charge in [-0.15, -0.1) is 0 Å². The first-order valence-corrected chi connectivity index (χ1v) is 11.2. The van der Waals surface area contributed by atoms with Gasteiger partial charge in [-0.3, -0.25) is 24.0 Å². The van der Waals surface area contributed by atoms with Crippen molar-refractivity contribution in [1.29, 1.82) is 0 Å². The van der Waals surface area contributed by atoms with Crippen LogP contribution in [0, 0.1) is 0 Å². The van der Waals surface area contributed by atoms with Gasteiger partial charge in [0.2, 0.25) is 17.7 Å². The summed E-state index contributed by atoms with van der Waals surface area (Å²) in [7, 11) is -3.98. The van der Waals surface area contributed by atoms with Crippen LogP contribution in [0.25, 0.3) is 0 Å². The number of hydrogen-bond donors (Lipinski definition) is 4. The lowest BCUT2D eigenvalue weighted by molar-refractivity contribution is -0.137. The van der Waals surface area contributed by atoms with Crippen LogP contribution in [-0.4, -0.2) is 79.3 Å². The highest BCUT2D eigenvalue weighted by atomic mass is 32.2. The number of carbonyl (C=O) groups excluding carboxylic acids is 4. The first-order chi connectivity index (χ1) is 15.4. The summed E-state index contributed by atoms with van der Waals surface area (Å²) < 4.78 is 30.6. The second-order valence-corrected chi connectivity index (χ2v) is 8.95. The van der Waals surface area contributed by atoms with Crippen LogP contribution < -0.4 is 16.4 Å². The molecule has 0 radical (unpaired) electrons. The van der Waals surface area contributed by atoms with Crippen molar-refractivity contribution < 1.29 is 42.2 Å². The number of benzene rings is 1. The van der Waals surface area contributed by atoms with Crippen molar-refractivity contribution in [3.8, 4) is 0 Å². The molecule has 0 saturated heterocycles. The van der Waals surface area contributed by atoms with Gasteiger partial charge in [0.1, 0.15) is 23.6 Å². The number of carboxylic acid groups (broad SMARTS) is 1. The minimum atomic E-state index is -3.98. The van der Waals surface area contributed by atoms with E-state index in [0.717, 1.165) is 0 Å². The normalized spacial score (nSPS) is 15.9. The topological polar surface area (TPSA) is 202 Å². The Labute approximate surface area is 189 Å². The fraction of sp³-hybridized carbons (Fsp3) is 0.421. The van der Waals surface area contributed by atoms with Crippen molar-refractivity contribution >= 4 is 39.6 Å².